The molecule has 2 N–H and O–H groups in total. The van der Waals surface area contributed by atoms with Crippen molar-refractivity contribution in [2.75, 3.05) is 11.0 Å². The quantitative estimate of drug-likeness (QED) is 0.656. The first-order valence-electron chi connectivity index (χ1n) is 3.87. The second-order valence-corrected chi connectivity index (χ2v) is 3.57. The minimum Gasteiger partial charge on any atom is -0.508 e. The van der Waals surface area contributed by atoms with Crippen molar-refractivity contribution in [3.05, 3.63) is 29.8 Å². The summed E-state index contributed by atoms with van der Waals surface area (Å²) >= 11 is 2.18. The van der Waals surface area contributed by atoms with Crippen LogP contribution in [0.1, 0.15) is 10.4 Å². The molecule has 0 saturated heterocycles. The summed E-state index contributed by atoms with van der Waals surface area (Å²) in [6, 6.07) is 6.30. The Hall–Kier alpha value is -0.780. The van der Waals surface area contributed by atoms with Gasteiger partial charge in [-0.3, -0.25) is 4.79 Å². The number of amides is 1. The van der Waals surface area contributed by atoms with Gasteiger partial charge in [-0.2, -0.15) is 0 Å². The number of carbonyl (C=O) groups excluding carboxylic acids is 1. The molecule has 0 bridgehead atoms. The van der Waals surface area contributed by atoms with Gasteiger partial charge in [-0.25, -0.2) is 0 Å². The standard InChI is InChI=1S/C9H10INO2/c10-4-5-11-9(13)7-2-1-3-8(12)6-7/h1-3,6,12H,4-5H2,(H,11,13). The van der Waals surface area contributed by atoms with E-state index in [0.29, 0.717) is 12.1 Å². The average Bonchev–Trinajstić information content (AvgIpc) is 2.14. The lowest BCUT2D eigenvalue weighted by atomic mass is 10.2. The molecular formula is C9H10INO2. The molecule has 0 saturated carbocycles. The van der Waals surface area contributed by atoms with Crippen LogP contribution in [0.4, 0.5) is 0 Å². The Morgan fingerprint density at radius 2 is 2.31 bits per heavy atom. The van der Waals surface area contributed by atoms with Crippen LogP contribution in [0, 0.1) is 0 Å². The fourth-order valence-electron chi connectivity index (χ4n) is 0.910. The zero-order chi connectivity index (χ0) is 9.68. The first-order valence-corrected chi connectivity index (χ1v) is 5.40. The largest absolute Gasteiger partial charge is 0.508 e. The Kier molecular flexibility index (Phi) is 4.01. The molecule has 1 aromatic rings. The van der Waals surface area contributed by atoms with Crippen molar-refractivity contribution in [3.63, 3.8) is 0 Å². The van der Waals surface area contributed by atoms with Gasteiger partial charge in [-0.05, 0) is 18.2 Å². The summed E-state index contributed by atoms with van der Waals surface area (Å²) in [4.78, 5) is 11.3. The lowest BCUT2D eigenvalue weighted by molar-refractivity contribution is 0.0956. The van der Waals surface area contributed by atoms with Crippen molar-refractivity contribution in [2.45, 2.75) is 0 Å². The molecule has 0 heterocycles. The van der Waals surface area contributed by atoms with E-state index in [-0.39, 0.29) is 11.7 Å². The Morgan fingerprint density at radius 1 is 1.54 bits per heavy atom. The van der Waals surface area contributed by atoms with Gasteiger partial charge in [0, 0.05) is 16.5 Å². The number of phenolic OH excluding ortho intramolecular Hbond substituents is 1. The molecule has 0 spiro atoms. The number of hydrogen-bond donors (Lipinski definition) is 2. The van der Waals surface area contributed by atoms with Crippen LogP contribution in [0.25, 0.3) is 0 Å². The van der Waals surface area contributed by atoms with Crippen molar-refractivity contribution in [2.24, 2.45) is 0 Å². The van der Waals surface area contributed by atoms with Crippen LogP contribution in [-0.4, -0.2) is 22.0 Å². The molecule has 3 nitrogen and oxygen atoms in total. The molecule has 13 heavy (non-hydrogen) atoms. The molecule has 0 aliphatic rings. The lowest BCUT2D eigenvalue weighted by Gasteiger charge is -2.02. The van der Waals surface area contributed by atoms with Crippen molar-refractivity contribution in [1.82, 2.24) is 5.32 Å². The van der Waals surface area contributed by atoms with E-state index < -0.39 is 0 Å². The summed E-state index contributed by atoms with van der Waals surface area (Å²) in [5, 5.41) is 11.8. The maximum absolute atomic E-state index is 11.3. The lowest BCUT2D eigenvalue weighted by Crippen LogP contribution is -2.24. The van der Waals surface area contributed by atoms with Crippen LogP contribution in [-0.2, 0) is 0 Å². The molecule has 0 aliphatic carbocycles. The zero-order valence-corrected chi connectivity index (χ0v) is 9.11. The van der Waals surface area contributed by atoms with E-state index in [2.05, 4.69) is 27.9 Å². The SMILES string of the molecule is O=C(NCCI)c1cccc(O)c1. The van der Waals surface area contributed by atoms with Gasteiger partial charge < -0.3 is 10.4 Å². The Balaban J connectivity index is 2.66. The highest BCUT2D eigenvalue weighted by Gasteiger charge is 2.03. The maximum Gasteiger partial charge on any atom is 0.251 e. The van der Waals surface area contributed by atoms with Crippen molar-refractivity contribution < 1.29 is 9.90 Å². The number of phenols is 1. The van der Waals surface area contributed by atoms with E-state index in [1.54, 1.807) is 12.1 Å². The van der Waals surface area contributed by atoms with E-state index in [0.717, 1.165) is 4.43 Å². The third-order valence-corrected chi connectivity index (χ3v) is 2.03. The molecular weight excluding hydrogens is 281 g/mol. The third-order valence-electron chi connectivity index (χ3n) is 1.49. The van der Waals surface area contributed by atoms with Crippen LogP contribution in [0.3, 0.4) is 0 Å². The topological polar surface area (TPSA) is 49.3 Å². The number of aromatic hydroxyl groups is 1. The molecule has 0 unspecified atom stereocenters. The number of benzene rings is 1. The number of rotatable bonds is 3. The molecule has 4 heteroatoms. The summed E-state index contributed by atoms with van der Waals surface area (Å²) in [6.45, 7) is 0.648. The fraction of sp³-hybridized carbons (Fsp3) is 0.222. The van der Waals surface area contributed by atoms with Gasteiger partial charge in [-0.1, -0.05) is 28.7 Å². The van der Waals surface area contributed by atoms with Crippen LogP contribution in [0.15, 0.2) is 24.3 Å². The summed E-state index contributed by atoms with van der Waals surface area (Å²) in [5.74, 6) is -0.0327. The van der Waals surface area contributed by atoms with Gasteiger partial charge in [-0.15, -0.1) is 0 Å². The van der Waals surface area contributed by atoms with E-state index >= 15 is 0 Å². The summed E-state index contributed by atoms with van der Waals surface area (Å²) < 4.78 is 0.877. The van der Waals surface area contributed by atoms with Crippen LogP contribution < -0.4 is 5.32 Å². The van der Waals surface area contributed by atoms with Crippen molar-refractivity contribution >= 4 is 28.5 Å². The van der Waals surface area contributed by atoms with Crippen LogP contribution in [0.2, 0.25) is 0 Å². The predicted octanol–water partition coefficient (Wildman–Crippen LogP) is 1.56. The second kappa shape index (κ2) is 5.06. The zero-order valence-electron chi connectivity index (χ0n) is 6.96. The van der Waals surface area contributed by atoms with Gasteiger partial charge >= 0.3 is 0 Å². The highest BCUT2D eigenvalue weighted by molar-refractivity contribution is 14.1. The number of halogens is 1. The smallest absolute Gasteiger partial charge is 0.251 e. The Labute approximate surface area is 90.3 Å². The number of hydrogen-bond acceptors (Lipinski definition) is 2. The number of alkyl halides is 1. The average molecular weight is 291 g/mol. The summed E-state index contributed by atoms with van der Waals surface area (Å²) in [7, 11) is 0. The molecule has 1 amide bonds. The summed E-state index contributed by atoms with van der Waals surface area (Å²) in [5.41, 5.74) is 0.491. The van der Waals surface area contributed by atoms with Gasteiger partial charge in [0.15, 0.2) is 0 Å². The molecule has 0 radical (unpaired) electrons. The highest BCUT2D eigenvalue weighted by atomic mass is 127. The molecule has 0 atom stereocenters. The predicted molar refractivity (Wildman–Crippen MR) is 59.3 cm³/mol. The van der Waals surface area contributed by atoms with Gasteiger partial charge in [0.2, 0.25) is 0 Å². The molecule has 1 rings (SSSR count). The van der Waals surface area contributed by atoms with E-state index in [9.17, 15) is 4.79 Å². The minimum atomic E-state index is -0.146. The van der Waals surface area contributed by atoms with E-state index in [1.807, 2.05) is 0 Å². The maximum atomic E-state index is 11.3. The summed E-state index contributed by atoms with van der Waals surface area (Å²) in [6.07, 6.45) is 0. The molecule has 0 aliphatic heterocycles. The molecule has 0 fully saturated rings. The van der Waals surface area contributed by atoms with Crippen LogP contribution >= 0.6 is 22.6 Å². The van der Waals surface area contributed by atoms with E-state index in [1.165, 1.54) is 12.1 Å². The van der Waals surface area contributed by atoms with Gasteiger partial charge in [0.1, 0.15) is 5.75 Å². The van der Waals surface area contributed by atoms with E-state index in [4.69, 9.17) is 5.11 Å². The first-order chi connectivity index (χ1) is 6.24. The van der Waals surface area contributed by atoms with Crippen molar-refractivity contribution in [3.8, 4) is 5.75 Å². The Bertz CT molecular complexity index is 301. The molecule has 70 valence electrons. The molecule has 1 aromatic carbocycles. The number of nitrogens with one attached hydrogen (secondary N) is 1. The minimum absolute atomic E-state index is 0.113. The van der Waals surface area contributed by atoms with Crippen molar-refractivity contribution in [1.29, 1.82) is 0 Å². The third kappa shape index (κ3) is 3.22. The van der Waals surface area contributed by atoms with Crippen LogP contribution in [0.5, 0.6) is 5.75 Å². The van der Waals surface area contributed by atoms with Gasteiger partial charge in [0.25, 0.3) is 5.91 Å². The van der Waals surface area contributed by atoms with Gasteiger partial charge in [0.05, 0.1) is 0 Å². The normalized spacial score (nSPS) is 9.62. The second-order valence-electron chi connectivity index (χ2n) is 2.50. The highest BCUT2D eigenvalue weighted by Crippen LogP contribution is 2.10. The monoisotopic (exact) mass is 291 g/mol. The fourth-order valence-corrected chi connectivity index (χ4v) is 1.18. The number of carbonyl (C=O) groups is 1. The Morgan fingerprint density at radius 3 is 2.92 bits per heavy atom. The molecule has 0 aromatic heterocycles. The first kappa shape index (κ1) is 10.3.